The SMILES string of the molecule is CCN(CC)C(CNCc1ccc(F)cc1)c1ccc(Cl)cc1. The minimum Gasteiger partial charge on any atom is -0.311 e. The van der Waals surface area contributed by atoms with E-state index in [2.05, 4.69) is 36.2 Å². The van der Waals surface area contributed by atoms with Crippen molar-refractivity contribution in [3.05, 3.63) is 70.5 Å². The van der Waals surface area contributed by atoms with Crippen LogP contribution in [0.4, 0.5) is 4.39 Å². The van der Waals surface area contributed by atoms with Gasteiger partial charge in [0.25, 0.3) is 0 Å². The van der Waals surface area contributed by atoms with Crippen molar-refractivity contribution in [1.29, 1.82) is 0 Å². The first-order valence-corrected chi connectivity index (χ1v) is 8.46. The van der Waals surface area contributed by atoms with E-state index in [4.69, 9.17) is 11.6 Å². The first kappa shape index (κ1) is 17.9. The van der Waals surface area contributed by atoms with Gasteiger partial charge in [0.15, 0.2) is 0 Å². The predicted molar refractivity (Wildman–Crippen MR) is 95.2 cm³/mol. The molecule has 23 heavy (non-hydrogen) atoms. The highest BCUT2D eigenvalue weighted by molar-refractivity contribution is 6.30. The Morgan fingerprint density at radius 1 is 1.00 bits per heavy atom. The van der Waals surface area contributed by atoms with Crippen molar-refractivity contribution in [2.24, 2.45) is 0 Å². The molecule has 4 heteroatoms. The van der Waals surface area contributed by atoms with Crippen molar-refractivity contribution in [2.75, 3.05) is 19.6 Å². The van der Waals surface area contributed by atoms with E-state index >= 15 is 0 Å². The maximum Gasteiger partial charge on any atom is 0.123 e. The van der Waals surface area contributed by atoms with E-state index in [1.807, 2.05) is 24.3 Å². The Hall–Kier alpha value is -1.42. The summed E-state index contributed by atoms with van der Waals surface area (Å²) in [6, 6.07) is 15.0. The predicted octanol–water partition coefficient (Wildman–Crippen LogP) is 4.65. The second-order valence-electron chi connectivity index (χ2n) is 5.55. The number of nitrogens with zero attached hydrogens (tertiary/aromatic N) is 1. The van der Waals surface area contributed by atoms with E-state index in [0.717, 1.165) is 36.8 Å². The molecule has 1 atom stereocenters. The van der Waals surface area contributed by atoms with Gasteiger partial charge in [-0.1, -0.05) is 49.7 Å². The number of halogens is 2. The van der Waals surface area contributed by atoms with E-state index in [9.17, 15) is 4.39 Å². The summed E-state index contributed by atoms with van der Waals surface area (Å²) >= 11 is 6.00. The lowest BCUT2D eigenvalue weighted by Gasteiger charge is -2.30. The minimum atomic E-state index is -0.198. The van der Waals surface area contributed by atoms with Gasteiger partial charge in [0.05, 0.1) is 0 Å². The molecule has 0 radical (unpaired) electrons. The van der Waals surface area contributed by atoms with E-state index < -0.39 is 0 Å². The molecule has 0 fully saturated rings. The summed E-state index contributed by atoms with van der Waals surface area (Å²) in [5.41, 5.74) is 2.34. The molecule has 0 amide bonds. The van der Waals surface area contributed by atoms with Crippen LogP contribution in [0.1, 0.15) is 31.0 Å². The first-order valence-electron chi connectivity index (χ1n) is 8.08. The van der Waals surface area contributed by atoms with Crippen LogP contribution in [0.2, 0.25) is 5.02 Å². The number of nitrogens with one attached hydrogen (secondary N) is 1. The summed E-state index contributed by atoms with van der Waals surface area (Å²) in [6.45, 7) is 7.88. The van der Waals surface area contributed by atoms with Crippen LogP contribution in [-0.4, -0.2) is 24.5 Å². The Bertz CT molecular complexity index is 579. The molecule has 0 spiro atoms. The molecule has 2 aromatic rings. The van der Waals surface area contributed by atoms with Crippen molar-refractivity contribution in [2.45, 2.75) is 26.4 Å². The molecule has 0 aromatic heterocycles. The van der Waals surface area contributed by atoms with Crippen LogP contribution in [0.3, 0.4) is 0 Å². The third-order valence-corrected chi connectivity index (χ3v) is 4.34. The summed E-state index contributed by atoms with van der Waals surface area (Å²) < 4.78 is 13.0. The largest absolute Gasteiger partial charge is 0.311 e. The van der Waals surface area contributed by atoms with Crippen molar-refractivity contribution in [3.63, 3.8) is 0 Å². The highest BCUT2D eigenvalue weighted by Crippen LogP contribution is 2.22. The van der Waals surface area contributed by atoms with Crippen molar-refractivity contribution >= 4 is 11.6 Å². The van der Waals surface area contributed by atoms with Crippen LogP contribution in [0.5, 0.6) is 0 Å². The van der Waals surface area contributed by atoms with Crippen molar-refractivity contribution in [3.8, 4) is 0 Å². The van der Waals surface area contributed by atoms with E-state index in [0.29, 0.717) is 6.04 Å². The molecular formula is C19H24ClFN2. The van der Waals surface area contributed by atoms with Gasteiger partial charge in [-0.3, -0.25) is 4.90 Å². The molecule has 2 nitrogen and oxygen atoms in total. The fourth-order valence-corrected chi connectivity index (χ4v) is 2.89. The Morgan fingerprint density at radius 2 is 1.61 bits per heavy atom. The molecule has 0 bridgehead atoms. The maximum atomic E-state index is 13.0. The summed E-state index contributed by atoms with van der Waals surface area (Å²) in [5, 5.41) is 4.24. The van der Waals surface area contributed by atoms with Crippen LogP contribution >= 0.6 is 11.6 Å². The van der Waals surface area contributed by atoms with E-state index in [-0.39, 0.29) is 5.82 Å². The van der Waals surface area contributed by atoms with E-state index in [1.165, 1.54) is 17.7 Å². The van der Waals surface area contributed by atoms with Gasteiger partial charge in [-0.25, -0.2) is 4.39 Å². The van der Waals surface area contributed by atoms with Crippen LogP contribution in [0.15, 0.2) is 48.5 Å². The highest BCUT2D eigenvalue weighted by atomic mass is 35.5. The average molecular weight is 335 g/mol. The maximum absolute atomic E-state index is 13.0. The molecule has 0 saturated carbocycles. The average Bonchev–Trinajstić information content (AvgIpc) is 2.57. The molecule has 0 aliphatic heterocycles. The molecular weight excluding hydrogens is 311 g/mol. The second-order valence-corrected chi connectivity index (χ2v) is 5.98. The smallest absolute Gasteiger partial charge is 0.123 e. The lowest BCUT2D eigenvalue weighted by atomic mass is 10.0. The molecule has 0 saturated heterocycles. The number of benzene rings is 2. The number of hydrogen-bond acceptors (Lipinski definition) is 2. The summed E-state index contributed by atoms with van der Waals surface area (Å²) in [5.74, 6) is -0.198. The molecule has 2 aromatic carbocycles. The molecule has 1 unspecified atom stereocenters. The third-order valence-electron chi connectivity index (χ3n) is 4.09. The van der Waals surface area contributed by atoms with Crippen molar-refractivity contribution in [1.82, 2.24) is 10.2 Å². The van der Waals surface area contributed by atoms with Crippen molar-refractivity contribution < 1.29 is 4.39 Å². The van der Waals surface area contributed by atoms with Crippen LogP contribution in [0, 0.1) is 5.82 Å². The lowest BCUT2D eigenvalue weighted by molar-refractivity contribution is 0.213. The quantitative estimate of drug-likeness (QED) is 0.755. The van der Waals surface area contributed by atoms with Crippen LogP contribution < -0.4 is 5.32 Å². The Labute approximate surface area is 143 Å². The summed E-state index contributed by atoms with van der Waals surface area (Å²) in [4.78, 5) is 2.42. The van der Waals surface area contributed by atoms with Crippen LogP contribution in [0.25, 0.3) is 0 Å². The Kier molecular flexibility index (Phi) is 7.03. The van der Waals surface area contributed by atoms with Gasteiger partial charge in [0, 0.05) is 24.2 Å². The van der Waals surface area contributed by atoms with Gasteiger partial charge < -0.3 is 5.32 Å². The fraction of sp³-hybridized carbons (Fsp3) is 0.368. The molecule has 0 heterocycles. The van der Waals surface area contributed by atoms with Gasteiger partial charge in [0.2, 0.25) is 0 Å². The number of hydrogen-bond donors (Lipinski definition) is 1. The monoisotopic (exact) mass is 334 g/mol. The van der Waals surface area contributed by atoms with Gasteiger partial charge in [-0.2, -0.15) is 0 Å². The Morgan fingerprint density at radius 3 is 2.17 bits per heavy atom. The molecule has 2 rings (SSSR count). The highest BCUT2D eigenvalue weighted by Gasteiger charge is 2.17. The topological polar surface area (TPSA) is 15.3 Å². The number of rotatable bonds is 8. The Balaban J connectivity index is 2.02. The number of likely N-dealkylation sites (N-methyl/N-ethyl adjacent to an activating group) is 1. The zero-order valence-electron chi connectivity index (χ0n) is 13.7. The normalized spacial score (nSPS) is 12.6. The third kappa shape index (κ3) is 5.31. The fourth-order valence-electron chi connectivity index (χ4n) is 2.76. The van der Waals surface area contributed by atoms with Crippen LogP contribution in [-0.2, 0) is 6.54 Å². The first-order chi connectivity index (χ1) is 11.1. The zero-order chi connectivity index (χ0) is 16.7. The molecule has 0 aliphatic rings. The molecule has 1 N–H and O–H groups in total. The van der Waals surface area contributed by atoms with Gasteiger partial charge in [0.1, 0.15) is 5.82 Å². The lowest BCUT2D eigenvalue weighted by Crippen LogP contribution is -2.35. The van der Waals surface area contributed by atoms with Gasteiger partial charge in [-0.05, 0) is 48.5 Å². The van der Waals surface area contributed by atoms with E-state index in [1.54, 1.807) is 0 Å². The molecule has 124 valence electrons. The second kappa shape index (κ2) is 9.02. The minimum absolute atomic E-state index is 0.198. The molecule has 0 aliphatic carbocycles. The van der Waals surface area contributed by atoms with Gasteiger partial charge in [-0.15, -0.1) is 0 Å². The summed E-state index contributed by atoms with van der Waals surface area (Å²) in [7, 11) is 0. The standard InChI is InChI=1S/C19H24ClFN2/c1-3-23(4-2)19(16-7-9-17(20)10-8-16)14-22-13-15-5-11-18(21)12-6-15/h5-12,19,22H,3-4,13-14H2,1-2H3. The summed E-state index contributed by atoms with van der Waals surface area (Å²) in [6.07, 6.45) is 0. The zero-order valence-corrected chi connectivity index (χ0v) is 14.5. The van der Waals surface area contributed by atoms with Gasteiger partial charge >= 0.3 is 0 Å².